The summed E-state index contributed by atoms with van der Waals surface area (Å²) in [6.45, 7) is 6.83. The van der Waals surface area contributed by atoms with Gasteiger partial charge in [-0.1, -0.05) is 11.6 Å². The maximum atomic E-state index is 9.20. The predicted octanol–water partition coefficient (Wildman–Crippen LogP) is 3.98. The van der Waals surface area contributed by atoms with Crippen LogP contribution in [0, 0.1) is 18.3 Å². The molecule has 180 valence electrons. The normalized spacial score (nSPS) is 20.8. The van der Waals surface area contributed by atoms with Crippen molar-refractivity contribution >= 4 is 17.4 Å². The summed E-state index contributed by atoms with van der Waals surface area (Å²) in [7, 11) is 0. The van der Waals surface area contributed by atoms with Gasteiger partial charge in [0.15, 0.2) is 5.82 Å². The average molecular weight is 490 g/mol. The van der Waals surface area contributed by atoms with E-state index < -0.39 is 0 Å². The number of anilines is 1. The Labute approximate surface area is 210 Å². The number of pyridine rings is 1. The second kappa shape index (κ2) is 9.23. The highest BCUT2D eigenvalue weighted by atomic mass is 35.5. The number of aromatic nitrogens is 4. The Morgan fingerprint density at radius 3 is 2.69 bits per heavy atom. The third-order valence-electron chi connectivity index (χ3n) is 7.55. The number of aryl methyl sites for hydroxylation is 1. The van der Waals surface area contributed by atoms with Crippen molar-refractivity contribution in [1.82, 2.24) is 24.6 Å². The quantitative estimate of drug-likeness (QED) is 0.550. The summed E-state index contributed by atoms with van der Waals surface area (Å²) >= 11 is 6.42. The highest BCUT2D eigenvalue weighted by Gasteiger charge is 2.33. The molecule has 0 N–H and O–H groups in total. The van der Waals surface area contributed by atoms with Gasteiger partial charge in [0.25, 0.3) is 0 Å². The molecule has 6 rings (SSSR count). The number of nitrogens with zero attached hydrogens (tertiary/aromatic N) is 7. The van der Waals surface area contributed by atoms with Crippen molar-refractivity contribution in [3.63, 3.8) is 0 Å². The van der Waals surface area contributed by atoms with Crippen LogP contribution in [-0.4, -0.2) is 57.0 Å². The average Bonchev–Trinajstić information content (AvgIpc) is 3.52. The van der Waals surface area contributed by atoms with E-state index in [1.54, 1.807) is 0 Å². The SMILES string of the molecule is Cc1nc(N2CCC(c3nnc4n3-c3ccc(Cl)cc3CN([C@H]3CCOC3)C4)CC2)ccc1C#N. The molecular weight excluding hydrogens is 462 g/mol. The van der Waals surface area contributed by atoms with Crippen molar-refractivity contribution in [2.24, 2.45) is 0 Å². The third-order valence-corrected chi connectivity index (χ3v) is 7.79. The standard InChI is InChI=1S/C26H28ClN7O/c1-17-19(13-28)2-5-24(29-17)32-9-6-18(7-10-32)26-31-30-25-15-33(22-8-11-35-16-22)14-20-12-21(27)3-4-23(20)34(25)26/h2-5,12,18,22H,6-11,14-16H2,1H3/t22-/m0/s1. The fourth-order valence-corrected chi connectivity index (χ4v) is 5.79. The minimum atomic E-state index is 0.317. The molecule has 3 aliphatic heterocycles. The zero-order valence-electron chi connectivity index (χ0n) is 19.8. The lowest BCUT2D eigenvalue weighted by Gasteiger charge is -2.32. The Hall–Kier alpha value is -2.99. The molecule has 0 saturated carbocycles. The van der Waals surface area contributed by atoms with Crippen molar-refractivity contribution in [1.29, 1.82) is 5.26 Å². The fraction of sp³-hybridized carbons (Fsp3) is 0.462. The Kier molecular flexibility index (Phi) is 5.93. The molecule has 3 aliphatic rings. The van der Waals surface area contributed by atoms with E-state index in [2.05, 4.69) is 42.7 Å². The molecule has 0 amide bonds. The molecule has 2 aromatic heterocycles. The van der Waals surface area contributed by atoms with Gasteiger partial charge in [-0.2, -0.15) is 5.26 Å². The molecule has 2 fully saturated rings. The second-order valence-corrected chi connectivity index (χ2v) is 10.1. The van der Waals surface area contributed by atoms with Gasteiger partial charge in [-0.05, 0) is 62.1 Å². The summed E-state index contributed by atoms with van der Waals surface area (Å²) < 4.78 is 7.97. The molecule has 1 aromatic carbocycles. The van der Waals surface area contributed by atoms with E-state index >= 15 is 0 Å². The van der Waals surface area contributed by atoms with Gasteiger partial charge in [-0.15, -0.1) is 10.2 Å². The van der Waals surface area contributed by atoms with Crippen LogP contribution in [0.3, 0.4) is 0 Å². The molecule has 0 radical (unpaired) electrons. The Morgan fingerprint density at radius 1 is 1.09 bits per heavy atom. The van der Waals surface area contributed by atoms with Gasteiger partial charge in [0.05, 0.1) is 30.1 Å². The summed E-state index contributed by atoms with van der Waals surface area (Å²) in [5, 5.41) is 19.4. The van der Waals surface area contributed by atoms with Crippen molar-refractivity contribution in [2.45, 2.75) is 51.2 Å². The van der Waals surface area contributed by atoms with Crippen LogP contribution in [0.1, 0.15) is 53.7 Å². The first-order valence-corrected chi connectivity index (χ1v) is 12.7. The minimum absolute atomic E-state index is 0.317. The van der Waals surface area contributed by atoms with E-state index in [1.807, 2.05) is 25.1 Å². The predicted molar refractivity (Wildman–Crippen MR) is 133 cm³/mol. The van der Waals surface area contributed by atoms with Gasteiger partial charge in [0.1, 0.15) is 17.7 Å². The van der Waals surface area contributed by atoms with Crippen LogP contribution >= 0.6 is 11.6 Å². The first kappa shape index (κ1) is 22.5. The number of nitriles is 1. The van der Waals surface area contributed by atoms with E-state index in [4.69, 9.17) is 21.4 Å². The second-order valence-electron chi connectivity index (χ2n) is 9.68. The van der Waals surface area contributed by atoms with E-state index in [0.29, 0.717) is 17.5 Å². The number of hydrogen-bond acceptors (Lipinski definition) is 7. The lowest BCUT2D eigenvalue weighted by molar-refractivity contribution is 0.133. The maximum Gasteiger partial charge on any atom is 0.151 e. The van der Waals surface area contributed by atoms with Crippen molar-refractivity contribution in [2.75, 3.05) is 31.2 Å². The molecule has 0 spiro atoms. The number of piperidine rings is 1. The lowest BCUT2D eigenvalue weighted by Crippen LogP contribution is -2.34. The van der Waals surface area contributed by atoms with Crippen LogP contribution in [0.2, 0.25) is 5.02 Å². The first-order chi connectivity index (χ1) is 17.1. The Morgan fingerprint density at radius 2 is 1.94 bits per heavy atom. The number of benzene rings is 1. The molecule has 35 heavy (non-hydrogen) atoms. The molecule has 9 heteroatoms. The van der Waals surface area contributed by atoms with Crippen molar-refractivity contribution < 1.29 is 4.74 Å². The smallest absolute Gasteiger partial charge is 0.151 e. The van der Waals surface area contributed by atoms with Gasteiger partial charge in [0, 0.05) is 43.2 Å². The Balaban J connectivity index is 1.28. The Bertz CT molecular complexity index is 1290. The molecule has 5 heterocycles. The molecule has 3 aromatic rings. The van der Waals surface area contributed by atoms with E-state index in [0.717, 1.165) is 92.5 Å². The number of hydrogen-bond donors (Lipinski definition) is 0. The highest BCUT2D eigenvalue weighted by molar-refractivity contribution is 6.30. The number of fused-ring (bicyclic) bond motifs is 3. The van der Waals surface area contributed by atoms with E-state index in [9.17, 15) is 5.26 Å². The minimum Gasteiger partial charge on any atom is -0.380 e. The van der Waals surface area contributed by atoms with Crippen LogP contribution in [0.5, 0.6) is 0 Å². The van der Waals surface area contributed by atoms with Gasteiger partial charge in [0.2, 0.25) is 0 Å². The summed E-state index contributed by atoms with van der Waals surface area (Å²) in [5.74, 6) is 3.28. The summed E-state index contributed by atoms with van der Waals surface area (Å²) in [4.78, 5) is 9.43. The lowest BCUT2D eigenvalue weighted by atomic mass is 9.95. The summed E-state index contributed by atoms with van der Waals surface area (Å²) in [5.41, 5.74) is 3.76. The molecule has 2 saturated heterocycles. The number of halogens is 1. The highest BCUT2D eigenvalue weighted by Crippen LogP contribution is 2.35. The van der Waals surface area contributed by atoms with Crippen LogP contribution in [0.15, 0.2) is 30.3 Å². The van der Waals surface area contributed by atoms with Crippen LogP contribution < -0.4 is 4.90 Å². The maximum absolute atomic E-state index is 9.20. The zero-order valence-corrected chi connectivity index (χ0v) is 20.6. The van der Waals surface area contributed by atoms with E-state index in [-0.39, 0.29) is 0 Å². The van der Waals surface area contributed by atoms with Gasteiger partial charge >= 0.3 is 0 Å². The molecule has 0 bridgehead atoms. The van der Waals surface area contributed by atoms with Gasteiger partial charge < -0.3 is 9.64 Å². The fourth-order valence-electron chi connectivity index (χ4n) is 5.59. The topological polar surface area (TPSA) is 83.1 Å². The summed E-state index contributed by atoms with van der Waals surface area (Å²) in [6.07, 6.45) is 2.99. The third kappa shape index (κ3) is 4.18. The molecule has 0 unspecified atom stereocenters. The number of rotatable bonds is 3. The van der Waals surface area contributed by atoms with Crippen LogP contribution in [-0.2, 0) is 17.8 Å². The van der Waals surface area contributed by atoms with Crippen molar-refractivity contribution in [3.05, 3.63) is 63.8 Å². The molecule has 8 nitrogen and oxygen atoms in total. The molecule has 1 atom stereocenters. The van der Waals surface area contributed by atoms with Gasteiger partial charge in [-0.25, -0.2) is 4.98 Å². The number of ether oxygens (including phenoxy) is 1. The van der Waals surface area contributed by atoms with Crippen LogP contribution in [0.25, 0.3) is 5.69 Å². The van der Waals surface area contributed by atoms with Crippen molar-refractivity contribution in [3.8, 4) is 11.8 Å². The first-order valence-electron chi connectivity index (χ1n) is 12.3. The largest absolute Gasteiger partial charge is 0.380 e. The van der Waals surface area contributed by atoms with Gasteiger partial charge in [-0.3, -0.25) is 9.47 Å². The monoisotopic (exact) mass is 489 g/mol. The molecule has 0 aliphatic carbocycles. The van der Waals surface area contributed by atoms with E-state index in [1.165, 1.54) is 5.56 Å². The zero-order chi connectivity index (χ0) is 23.9. The van der Waals surface area contributed by atoms with Crippen LogP contribution in [0.4, 0.5) is 5.82 Å². The molecular formula is C26H28ClN7O. The summed E-state index contributed by atoms with van der Waals surface area (Å²) in [6, 6.07) is 12.6.